The van der Waals surface area contributed by atoms with Gasteiger partial charge in [0.2, 0.25) is 10.0 Å². The molecular formula is C22H26FN5O3S. The van der Waals surface area contributed by atoms with E-state index in [1.807, 2.05) is 38.2 Å². The standard InChI is InChI=1S/C22H26FN5O3S/c1-15-4-3-5-16(10-15)11-22-25-21(13-27(2)17-8-9-31-14-17)26-28(22)20-7-6-18(12-19(20)23)32(24,29)30/h3-7,10,12,17H,8-9,11,13-14H2,1-2H3,(H2,24,29,30). The monoisotopic (exact) mass is 459 g/mol. The lowest BCUT2D eigenvalue weighted by Gasteiger charge is -2.20. The summed E-state index contributed by atoms with van der Waals surface area (Å²) in [6.07, 6.45) is 1.39. The van der Waals surface area contributed by atoms with Crippen LogP contribution in [0.3, 0.4) is 0 Å². The number of likely N-dealkylation sites (N-methyl/N-ethyl adjacent to an activating group) is 1. The first-order valence-corrected chi connectivity index (χ1v) is 11.9. The number of hydrogen-bond donors (Lipinski definition) is 1. The smallest absolute Gasteiger partial charge is 0.238 e. The Labute approximate surface area is 186 Å². The number of halogens is 1. The van der Waals surface area contributed by atoms with Gasteiger partial charge in [-0.1, -0.05) is 29.8 Å². The fourth-order valence-electron chi connectivity index (χ4n) is 3.83. The molecule has 1 fully saturated rings. The topological polar surface area (TPSA) is 103 Å². The first kappa shape index (κ1) is 22.5. The molecule has 4 rings (SSSR count). The fourth-order valence-corrected chi connectivity index (χ4v) is 4.35. The Balaban J connectivity index is 1.71. The zero-order valence-electron chi connectivity index (χ0n) is 18.0. The van der Waals surface area contributed by atoms with Gasteiger partial charge in [0.25, 0.3) is 0 Å². The van der Waals surface area contributed by atoms with E-state index >= 15 is 0 Å². The summed E-state index contributed by atoms with van der Waals surface area (Å²) in [6.45, 7) is 3.89. The van der Waals surface area contributed by atoms with Crippen molar-refractivity contribution in [3.63, 3.8) is 0 Å². The highest BCUT2D eigenvalue weighted by Gasteiger charge is 2.23. The molecule has 8 nitrogen and oxygen atoms in total. The van der Waals surface area contributed by atoms with E-state index in [9.17, 15) is 12.8 Å². The minimum atomic E-state index is -4.01. The molecule has 32 heavy (non-hydrogen) atoms. The van der Waals surface area contributed by atoms with Gasteiger partial charge in [0.1, 0.15) is 17.3 Å². The van der Waals surface area contributed by atoms with Crippen molar-refractivity contribution in [2.45, 2.75) is 37.2 Å². The zero-order valence-corrected chi connectivity index (χ0v) is 18.8. The number of aromatic nitrogens is 3. The van der Waals surface area contributed by atoms with Crippen LogP contribution in [0.1, 0.15) is 29.2 Å². The number of nitrogens with zero attached hydrogens (tertiary/aromatic N) is 4. The Bertz CT molecular complexity index is 1220. The van der Waals surface area contributed by atoms with E-state index in [2.05, 4.69) is 10.00 Å². The van der Waals surface area contributed by atoms with E-state index in [1.54, 1.807) is 0 Å². The normalized spacial score (nSPS) is 16.7. The molecule has 0 aliphatic carbocycles. The molecule has 170 valence electrons. The molecule has 1 saturated heterocycles. The van der Waals surface area contributed by atoms with Crippen LogP contribution in [0.15, 0.2) is 47.4 Å². The predicted octanol–water partition coefficient (Wildman–Crippen LogP) is 2.17. The Hall–Kier alpha value is -2.66. The third-order valence-corrected chi connectivity index (χ3v) is 6.47. The molecule has 0 bridgehead atoms. The van der Waals surface area contributed by atoms with Gasteiger partial charge in [-0.2, -0.15) is 0 Å². The van der Waals surface area contributed by atoms with Crippen LogP contribution in [-0.2, 0) is 27.7 Å². The van der Waals surface area contributed by atoms with Crippen molar-refractivity contribution < 1.29 is 17.5 Å². The molecule has 0 amide bonds. The second-order valence-corrected chi connectivity index (χ2v) is 9.67. The summed E-state index contributed by atoms with van der Waals surface area (Å²) in [5.74, 6) is 0.372. The molecule has 1 aromatic heterocycles. The average Bonchev–Trinajstić information content (AvgIpc) is 3.38. The van der Waals surface area contributed by atoms with Crippen LogP contribution in [-0.4, -0.2) is 54.4 Å². The lowest BCUT2D eigenvalue weighted by Crippen LogP contribution is -2.31. The predicted molar refractivity (Wildman–Crippen MR) is 117 cm³/mol. The minimum Gasteiger partial charge on any atom is -0.380 e. The van der Waals surface area contributed by atoms with Crippen LogP contribution < -0.4 is 5.14 Å². The summed E-state index contributed by atoms with van der Waals surface area (Å²) >= 11 is 0. The lowest BCUT2D eigenvalue weighted by atomic mass is 10.1. The quantitative estimate of drug-likeness (QED) is 0.581. The Kier molecular flexibility index (Phi) is 6.38. The van der Waals surface area contributed by atoms with Crippen molar-refractivity contribution >= 4 is 10.0 Å². The number of ether oxygens (including phenoxy) is 1. The molecule has 1 unspecified atom stereocenters. The third-order valence-electron chi connectivity index (χ3n) is 5.56. The molecule has 2 heterocycles. The number of nitrogens with two attached hydrogens (primary N) is 1. The van der Waals surface area contributed by atoms with E-state index in [0.717, 1.165) is 30.2 Å². The maximum atomic E-state index is 14.9. The highest BCUT2D eigenvalue weighted by molar-refractivity contribution is 7.89. The van der Waals surface area contributed by atoms with Crippen molar-refractivity contribution in [1.29, 1.82) is 0 Å². The van der Waals surface area contributed by atoms with Crippen LogP contribution in [0, 0.1) is 12.7 Å². The number of rotatable bonds is 7. The molecule has 1 aliphatic rings. The van der Waals surface area contributed by atoms with Gasteiger partial charge in [0.05, 0.1) is 18.0 Å². The molecule has 0 saturated carbocycles. The maximum Gasteiger partial charge on any atom is 0.238 e. The van der Waals surface area contributed by atoms with E-state index in [1.165, 1.54) is 16.8 Å². The van der Waals surface area contributed by atoms with E-state index in [-0.39, 0.29) is 16.6 Å². The average molecular weight is 460 g/mol. The molecule has 10 heteroatoms. The summed E-state index contributed by atoms with van der Waals surface area (Å²) in [5, 5.41) is 9.70. The molecule has 2 aromatic carbocycles. The summed E-state index contributed by atoms with van der Waals surface area (Å²) in [4.78, 5) is 6.53. The fraction of sp³-hybridized carbons (Fsp3) is 0.364. The Morgan fingerprint density at radius 2 is 2.09 bits per heavy atom. The Morgan fingerprint density at radius 3 is 2.75 bits per heavy atom. The van der Waals surface area contributed by atoms with Crippen LogP contribution >= 0.6 is 0 Å². The first-order chi connectivity index (χ1) is 15.2. The van der Waals surface area contributed by atoms with Crippen molar-refractivity contribution in [1.82, 2.24) is 19.7 Å². The molecule has 3 aromatic rings. The number of sulfonamides is 1. The molecule has 0 radical (unpaired) electrons. The zero-order chi connectivity index (χ0) is 22.9. The van der Waals surface area contributed by atoms with Gasteiger partial charge in [-0.3, -0.25) is 4.90 Å². The van der Waals surface area contributed by atoms with Gasteiger partial charge in [0.15, 0.2) is 5.82 Å². The van der Waals surface area contributed by atoms with Crippen molar-refractivity contribution in [3.05, 3.63) is 71.1 Å². The third kappa shape index (κ3) is 5.04. The number of benzene rings is 2. The molecular weight excluding hydrogens is 433 g/mol. The second kappa shape index (κ2) is 9.07. The van der Waals surface area contributed by atoms with Gasteiger partial charge in [-0.25, -0.2) is 27.6 Å². The van der Waals surface area contributed by atoms with Gasteiger partial charge in [0, 0.05) is 19.1 Å². The largest absolute Gasteiger partial charge is 0.380 e. The van der Waals surface area contributed by atoms with E-state index in [4.69, 9.17) is 14.9 Å². The number of primary sulfonamides is 1. The van der Waals surface area contributed by atoms with Crippen molar-refractivity contribution in [2.75, 3.05) is 20.3 Å². The minimum absolute atomic E-state index is 0.116. The van der Waals surface area contributed by atoms with Crippen molar-refractivity contribution in [3.8, 4) is 5.69 Å². The first-order valence-electron chi connectivity index (χ1n) is 10.3. The van der Waals surface area contributed by atoms with Gasteiger partial charge in [-0.05, 0) is 44.2 Å². The van der Waals surface area contributed by atoms with Gasteiger partial charge >= 0.3 is 0 Å². The highest BCUT2D eigenvalue weighted by atomic mass is 32.2. The lowest BCUT2D eigenvalue weighted by molar-refractivity contribution is 0.155. The Morgan fingerprint density at radius 1 is 1.28 bits per heavy atom. The second-order valence-electron chi connectivity index (χ2n) is 8.11. The van der Waals surface area contributed by atoms with Crippen LogP contribution in [0.4, 0.5) is 4.39 Å². The summed E-state index contributed by atoms with van der Waals surface area (Å²) in [5.41, 5.74) is 2.24. The highest BCUT2D eigenvalue weighted by Crippen LogP contribution is 2.21. The summed E-state index contributed by atoms with van der Waals surface area (Å²) in [6, 6.07) is 11.8. The maximum absolute atomic E-state index is 14.9. The van der Waals surface area contributed by atoms with Crippen LogP contribution in [0.2, 0.25) is 0 Å². The summed E-state index contributed by atoms with van der Waals surface area (Å²) in [7, 11) is -2.02. The van der Waals surface area contributed by atoms with Crippen LogP contribution in [0.25, 0.3) is 5.69 Å². The van der Waals surface area contributed by atoms with Gasteiger partial charge < -0.3 is 4.74 Å². The molecule has 1 aliphatic heterocycles. The van der Waals surface area contributed by atoms with Crippen LogP contribution in [0.5, 0.6) is 0 Å². The number of aryl methyl sites for hydroxylation is 1. The summed E-state index contributed by atoms with van der Waals surface area (Å²) < 4.78 is 45.0. The molecule has 2 N–H and O–H groups in total. The number of hydrogen-bond acceptors (Lipinski definition) is 6. The van der Waals surface area contributed by atoms with E-state index < -0.39 is 15.8 Å². The van der Waals surface area contributed by atoms with Gasteiger partial charge in [-0.15, -0.1) is 5.10 Å². The molecule has 1 atom stereocenters. The molecule has 0 spiro atoms. The van der Waals surface area contributed by atoms with E-state index in [0.29, 0.717) is 31.2 Å². The van der Waals surface area contributed by atoms with Crippen molar-refractivity contribution in [2.24, 2.45) is 5.14 Å². The SMILES string of the molecule is Cc1cccc(Cc2nc(CN(C)C3CCOC3)nn2-c2ccc(S(N)(=O)=O)cc2F)c1.